The molecule has 6 heteroatoms. The molecule has 0 aliphatic heterocycles. The molecule has 0 bridgehead atoms. The molecular formula is C18H26N4O2. The van der Waals surface area contributed by atoms with Crippen LogP contribution < -0.4 is 15.4 Å². The van der Waals surface area contributed by atoms with Gasteiger partial charge < -0.3 is 20.4 Å². The van der Waals surface area contributed by atoms with Gasteiger partial charge in [-0.2, -0.15) is 0 Å². The topological polar surface area (TPSA) is 79.0 Å². The zero-order chi connectivity index (χ0) is 17.7. The number of aromatic amines is 1. The molecule has 2 rings (SSSR count). The molecule has 1 aromatic heterocycles. The van der Waals surface area contributed by atoms with Crippen molar-refractivity contribution in [2.75, 3.05) is 12.4 Å². The molecule has 24 heavy (non-hydrogen) atoms. The summed E-state index contributed by atoms with van der Waals surface area (Å²) in [4.78, 5) is 20.2. The number of carbonyl (C=O) groups excluding carboxylic acids is 1. The van der Waals surface area contributed by atoms with E-state index in [2.05, 4.69) is 20.6 Å². The molecule has 3 N–H and O–H groups in total. The molecule has 1 atom stereocenters. The van der Waals surface area contributed by atoms with Gasteiger partial charge in [-0.25, -0.2) is 4.98 Å². The standard InChI is InChI=1S/C18H26N4O2/c1-6-15(16-19-11-12(2)20-16)21-17(23)18(3,4)22-13-7-9-14(24-5)10-8-13/h7-11,15,22H,6H2,1-5H3,(H,19,20)(H,21,23). The summed E-state index contributed by atoms with van der Waals surface area (Å²) >= 11 is 0. The molecular weight excluding hydrogens is 304 g/mol. The Kier molecular flexibility index (Phi) is 5.49. The number of imidazole rings is 1. The predicted octanol–water partition coefficient (Wildman–Crippen LogP) is 3.18. The third kappa shape index (κ3) is 4.28. The Morgan fingerprint density at radius 1 is 1.33 bits per heavy atom. The van der Waals surface area contributed by atoms with Crippen molar-refractivity contribution < 1.29 is 9.53 Å². The maximum absolute atomic E-state index is 12.7. The van der Waals surface area contributed by atoms with Crippen LogP contribution in [0.3, 0.4) is 0 Å². The molecule has 2 aromatic rings. The molecule has 1 amide bonds. The van der Waals surface area contributed by atoms with Gasteiger partial charge in [-0.15, -0.1) is 0 Å². The van der Waals surface area contributed by atoms with Crippen LogP contribution in [-0.2, 0) is 4.79 Å². The van der Waals surface area contributed by atoms with E-state index >= 15 is 0 Å². The quantitative estimate of drug-likeness (QED) is 0.728. The van der Waals surface area contributed by atoms with Gasteiger partial charge in [-0.05, 0) is 51.5 Å². The summed E-state index contributed by atoms with van der Waals surface area (Å²) in [6.07, 6.45) is 2.53. The molecule has 130 valence electrons. The average Bonchev–Trinajstić information content (AvgIpc) is 2.99. The summed E-state index contributed by atoms with van der Waals surface area (Å²) in [6.45, 7) is 7.67. The number of aromatic nitrogens is 2. The van der Waals surface area contributed by atoms with Crippen LogP contribution in [0, 0.1) is 6.92 Å². The largest absolute Gasteiger partial charge is 0.497 e. The van der Waals surface area contributed by atoms with Crippen LogP contribution >= 0.6 is 0 Å². The zero-order valence-electron chi connectivity index (χ0n) is 14.9. The number of amides is 1. The number of methoxy groups -OCH3 is 1. The minimum absolute atomic E-state index is 0.0841. The third-order valence-corrected chi connectivity index (χ3v) is 3.88. The highest BCUT2D eigenvalue weighted by Crippen LogP contribution is 2.21. The number of nitrogens with one attached hydrogen (secondary N) is 3. The van der Waals surface area contributed by atoms with Crippen LogP contribution in [0.2, 0.25) is 0 Å². The SMILES string of the molecule is CCC(NC(=O)C(C)(C)Nc1ccc(OC)cc1)c1ncc(C)[nH]1. The molecule has 0 spiro atoms. The van der Waals surface area contributed by atoms with Crippen LogP contribution in [0.15, 0.2) is 30.5 Å². The van der Waals surface area contributed by atoms with Gasteiger partial charge in [0, 0.05) is 17.6 Å². The molecule has 0 aliphatic carbocycles. The normalized spacial score (nSPS) is 12.5. The Morgan fingerprint density at radius 3 is 2.50 bits per heavy atom. The minimum atomic E-state index is -0.760. The highest BCUT2D eigenvalue weighted by Gasteiger charge is 2.29. The molecule has 1 aromatic carbocycles. The van der Waals surface area contributed by atoms with Gasteiger partial charge in [0.05, 0.1) is 13.2 Å². The van der Waals surface area contributed by atoms with Crippen LogP contribution in [0.5, 0.6) is 5.75 Å². The van der Waals surface area contributed by atoms with Crippen molar-refractivity contribution in [3.05, 3.63) is 42.0 Å². The lowest BCUT2D eigenvalue weighted by Gasteiger charge is -2.28. The van der Waals surface area contributed by atoms with Gasteiger partial charge >= 0.3 is 0 Å². The summed E-state index contributed by atoms with van der Waals surface area (Å²) < 4.78 is 5.15. The summed E-state index contributed by atoms with van der Waals surface area (Å²) in [5.41, 5.74) is 1.08. The highest BCUT2D eigenvalue weighted by molar-refractivity contribution is 5.88. The van der Waals surface area contributed by atoms with E-state index < -0.39 is 5.54 Å². The monoisotopic (exact) mass is 330 g/mol. The Hall–Kier alpha value is -2.50. The number of aryl methyl sites for hydroxylation is 1. The Morgan fingerprint density at radius 2 is 2.00 bits per heavy atom. The average molecular weight is 330 g/mol. The van der Waals surface area contributed by atoms with Crippen molar-refractivity contribution >= 4 is 11.6 Å². The Balaban J connectivity index is 2.05. The van der Waals surface area contributed by atoms with Gasteiger partial charge in [0.2, 0.25) is 5.91 Å². The van der Waals surface area contributed by atoms with Crippen LogP contribution in [0.25, 0.3) is 0 Å². The highest BCUT2D eigenvalue weighted by atomic mass is 16.5. The number of hydrogen-bond donors (Lipinski definition) is 3. The summed E-state index contributed by atoms with van der Waals surface area (Å²) in [6, 6.07) is 7.36. The second-order valence-electron chi connectivity index (χ2n) is 6.36. The lowest BCUT2D eigenvalue weighted by molar-refractivity contribution is -0.125. The first kappa shape index (κ1) is 17.8. The van der Waals surface area contributed by atoms with Crippen molar-refractivity contribution in [1.82, 2.24) is 15.3 Å². The number of nitrogens with zero attached hydrogens (tertiary/aromatic N) is 1. The fourth-order valence-corrected chi connectivity index (χ4v) is 2.40. The van der Waals surface area contributed by atoms with E-state index in [9.17, 15) is 4.79 Å². The fourth-order valence-electron chi connectivity index (χ4n) is 2.40. The lowest BCUT2D eigenvalue weighted by Crippen LogP contribution is -2.49. The number of anilines is 1. The molecule has 0 aliphatic rings. The number of carbonyl (C=O) groups is 1. The first-order valence-corrected chi connectivity index (χ1v) is 8.10. The maximum Gasteiger partial charge on any atom is 0.245 e. The molecule has 1 heterocycles. The molecule has 0 fully saturated rings. The number of hydrogen-bond acceptors (Lipinski definition) is 4. The van der Waals surface area contributed by atoms with Crippen LogP contribution in [0.1, 0.15) is 44.8 Å². The summed E-state index contributed by atoms with van der Waals surface area (Å²) in [7, 11) is 1.63. The molecule has 6 nitrogen and oxygen atoms in total. The summed E-state index contributed by atoms with van der Waals surface area (Å²) in [5, 5.41) is 6.32. The van der Waals surface area contributed by atoms with E-state index in [1.165, 1.54) is 0 Å². The van der Waals surface area contributed by atoms with Crippen LogP contribution in [-0.4, -0.2) is 28.5 Å². The fraction of sp³-hybridized carbons (Fsp3) is 0.444. The van der Waals surface area contributed by atoms with Crippen molar-refractivity contribution in [2.24, 2.45) is 0 Å². The first-order valence-electron chi connectivity index (χ1n) is 8.10. The van der Waals surface area contributed by atoms with Gasteiger partial charge in [-0.1, -0.05) is 6.92 Å². The second-order valence-corrected chi connectivity index (χ2v) is 6.36. The van der Waals surface area contributed by atoms with Crippen LogP contribution in [0.4, 0.5) is 5.69 Å². The van der Waals surface area contributed by atoms with Gasteiger partial charge in [0.1, 0.15) is 17.1 Å². The van der Waals surface area contributed by atoms with Crippen molar-refractivity contribution in [1.29, 1.82) is 0 Å². The number of H-pyrrole nitrogens is 1. The maximum atomic E-state index is 12.7. The van der Waals surface area contributed by atoms with Gasteiger partial charge in [0.15, 0.2) is 0 Å². The number of benzene rings is 1. The van der Waals surface area contributed by atoms with Gasteiger partial charge in [-0.3, -0.25) is 4.79 Å². The predicted molar refractivity (Wildman–Crippen MR) is 95.2 cm³/mol. The van der Waals surface area contributed by atoms with E-state index in [0.717, 1.165) is 29.4 Å². The second kappa shape index (κ2) is 7.38. The van der Waals surface area contributed by atoms with Gasteiger partial charge in [0.25, 0.3) is 0 Å². The lowest BCUT2D eigenvalue weighted by atomic mass is 10.0. The van der Waals surface area contributed by atoms with E-state index in [0.29, 0.717) is 0 Å². The molecule has 0 saturated heterocycles. The Labute approximate surface area is 143 Å². The van der Waals surface area contributed by atoms with E-state index in [-0.39, 0.29) is 11.9 Å². The zero-order valence-corrected chi connectivity index (χ0v) is 14.9. The smallest absolute Gasteiger partial charge is 0.245 e. The first-order chi connectivity index (χ1) is 11.4. The van der Waals surface area contributed by atoms with E-state index in [1.807, 2.05) is 52.0 Å². The van der Waals surface area contributed by atoms with E-state index in [4.69, 9.17) is 4.74 Å². The number of ether oxygens (including phenoxy) is 1. The van der Waals surface area contributed by atoms with Crippen molar-refractivity contribution in [2.45, 2.75) is 45.7 Å². The minimum Gasteiger partial charge on any atom is -0.497 e. The van der Waals surface area contributed by atoms with E-state index in [1.54, 1.807) is 13.3 Å². The third-order valence-electron chi connectivity index (χ3n) is 3.88. The molecule has 0 radical (unpaired) electrons. The summed E-state index contributed by atoms with van der Waals surface area (Å²) in [5.74, 6) is 1.48. The van der Waals surface area contributed by atoms with Crippen molar-refractivity contribution in [3.8, 4) is 5.75 Å². The van der Waals surface area contributed by atoms with Crippen molar-refractivity contribution in [3.63, 3.8) is 0 Å². The number of rotatable bonds is 7. The Bertz CT molecular complexity index is 677. The molecule has 1 unspecified atom stereocenters. The molecule has 0 saturated carbocycles.